The summed E-state index contributed by atoms with van der Waals surface area (Å²) in [6.07, 6.45) is 8.24. The Labute approximate surface area is 133 Å². The van der Waals surface area contributed by atoms with Gasteiger partial charge in [-0.3, -0.25) is 0 Å². The first-order valence-corrected chi connectivity index (χ1v) is 8.55. The Morgan fingerprint density at radius 3 is 2.43 bits per heavy atom. The highest BCUT2D eigenvalue weighted by Crippen LogP contribution is 2.33. The van der Waals surface area contributed by atoms with Crippen molar-refractivity contribution in [3.8, 4) is 0 Å². The molecule has 0 aliphatic rings. The van der Waals surface area contributed by atoms with E-state index < -0.39 is 0 Å². The minimum atomic E-state index is 1.17. The molecule has 0 atom stereocenters. The highest BCUT2D eigenvalue weighted by molar-refractivity contribution is 7.98. The predicted octanol–water partition coefficient (Wildman–Crippen LogP) is 6.31. The number of nitrogens with one attached hydrogen (secondary N) is 1. The van der Waals surface area contributed by atoms with Crippen molar-refractivity contribution in [2.75, 3.05) is 18.6 Å². The van der Waals surface area contributed by atoms with Gasteiger partial charge in [0.05, 0.1) is 0 Å². The SMILES string of the molecule is C=Cc1ccc2cc(SC)c(NC)cc2c1/C=C\C.CC. The van der Waals surface area contributed by atoms with E-state index in [1.165, 1.54) is 32.5 Å². The Balaban J connectivity index is 0.00000106. The van der Waals surface area contributed by atoms with Crippen molar-refractivity contribution in [1.29, 1.82) is 0 Å². The van der Waals surface area contributed by atoms with Crippen LogP contribution in [0.2, 0.25) is 0 Å². The molecule has 2 rings (SSSR count). The first-order chi connectivity index (χ1) is 10.2. The lowest BCUT2D eigenvalue weighted by Crippen LogP contribution is -1.93. The van der Waals surface area contributed by atoms with Gasteiger partial charge in [-0.2, -0.15) is 0 Å². The van der Waals surface area contributed by atoms with Crippen LogP contribution in [-0.2, 0) is 0 Å². The van der Waals surface area contributed by atoms with E-state index in [0.29, 0.717) is 0 Å². The second kappa shape index (κ2) is 8.58. The predicted molar refractivity (Wildman–Crippen MR) is 101 cm³/mol. The third-order valence-corrected chi connectivity index (χ3v) is 4.02. The summed E-state index contributed by atoms with van der Waals surface area (Å²) in [5, 5.41) is 5.80. The summed E-state index contributed by atoms with van der Waals surface area (Å²) in [5.41, 5.74) is 3.58. The molecule has 0 heterocycles. The van der Waals surface area contributed by atoms with E-state index in [9.17, 15) is 0 Å². The average Bonchev–Trinajstić information content (AvgIpc) is 2.55. The maximum absolute atomic E-state index is 3.90. The van der Waals surface area contributed by atoms with E-state index >= 15 is 0 Å². The van der Waals surface area contributed by atoms with Gasteiger partial charge in [-0.15, -0.1) is 11.8 Å². The zero-order valence-electron chi connectivity index (χ0n) is 13.7. The van der Waals surface area contributed by atoms with E-state index in [2.05, 4.69) is 54.6 Å². The Morgan fingerprint density at radius 2 is 1.90 bits per heavy atom. The number of hydrogen-bond acceptors (Lipinski definition) is 2. The third kappa shape index (κ3) is 3.70. The van der Waals surface area contributed by atoms with Crippen LogP contribution in [0.25, 0.3) is 22.9 Å². The van der Waals surface area contributed by atoms with Gasteiger partial charge in [0.2, 0.25) is 0 Å². The van der Waals surface area contributed by atoms with Gasteiger partial charge in [0.15, 0.2) is 0 Å². The quantitative estimate of drug-likeness (QED) is 0.664. The second-order valence-electron chi connectivity index (χ2n) is 4.30. The van der Waals surface area contributed by atoms with Gasteiger partial charge in [-0.05, 0) is 47.2 Å². The van der Waals surface area contributed by atoms with E-state index in [1.807, 2.05) is 33.9 Å². The number of anilines is 1. The maximum atomic E-state index is 3.90. The third-order valence-electron chi connectivity index (χ3n) is 3.24. The normalized spacial score (nSPS) is 10.3. The molecule has 1 N–H and O–H groups in total. The van der Waals surface area contributed by atoms with Crippen LogP contribution in [0.1, 0.15) is 31.9 Å². The number of benzene rings is 2. The summed E-state index contributed by atoms with van der Waals surface area (Å²) in [4.78, 5) is 1.27. The van der Waals surface area contributed by atoms with Gasteiger partial charge in [0, 0.05) is 17.6 Å². The summed E-state index contributed by atoms with van der Waals surface area (Å²) < 4.78 is 0. The van der Waals surface area contributed by atoms with Gasteiger partial charge >= 0.3 is 0 Å². The summed E-state index contributed by atoms with van der Waals surface area (Å²) in [5.74, 6) is 0. The molecule has 0 radical (unpaired) electrons. The number of fused-ring (bicyclic) bond motifs is 1. The highest BCUT2D eigenvalue weighted by Gasteiger charge is 2.07. The summed E-state index contributed by atoms with van der Waals surface area (Å²) in [7, 11) is 1.97. The molecule has 1 nitrogen and oxygen atoms in total. The lowest BCUT2D eigenvalue weighted by atomic mass is 9.98. The zero-order valence-corrected chi connectivity index (χ0v) is 14.5. The molecule has 0 aromatic heterocycles. The Bertz CT molecular complexity index is 642. The van der Waals surface area contributed by atoms with Crippen molar-refractivity contribution in [1.82, 2.24) is 0 Å². The van der Waals surface area contributed by atoms with Gasteiger partial charge in [-0.25, -0.2) is 0 Å². The number of rotatable bonds is 4. The van der Waals surface area contributed by atoms with Crippen LogP contribution in [0.3, 0.4) is 0 Å². The standard InChI is InChI=1S/C17H19NS.C2H6/c1-5-7-14-12(6-2)8-9-13-10-17(19-4)16(18-3)11-15(13)14;1-2/h5-11,18H,2H2,1,3-4H3;1-2H3/b7-5-;. The Hall–Kier alpha value is -1.67. The van der Waals surface area contributed by atoms with Crippen molar-refractivity contribution in [3.05, 3.63) is 48.0 Å². The van der Waals surface area contributed by atoms with Crippen molar-refractivity contribution >= 4 is 40.4 Å². The van der Waals surface area contributed by atoms with Gasteiger partial charge < -0.3 is 5.32 Å². The highest BCUT2D eigenvalue weighted by atomic mass is 32.2. The molecule has 2 aromatic carbocycles. The fourth-order valence-corrected chi connectivity index (χ4v) is 2.91. The van der Waals surface area contributed by atoms with Crippen LogP contribution < -0.4 is 5.32 Å². The largest absolute Gasteiger partial charge is 0.387 e. The molecule has 0 fully saturated rings. The van der Waals surface area contributed by atoms with Crippen molar-refractivity contribution in [2.24, 2.45) is 0 Å². The minimum absolute atomic E-state index is 1.17. The zero-order chi connectivity index (χ0) is 15.8. The molecule has 0 amide bonds. The molecule has 21 heavy (non-hydrogen) atoms. The van der Waals surface area contributed by atoms with Gasteiger partial charge in [0.1, 0.15) is 0 Å². The molecular weight excluding hydrogens is 274 g/mol. The molecule has 2 aromatic rings. The molecular formula is C19H25NS. The monoisotopic (exact) mass is 299 g/mol. The average molecular weight is 299 g/mol. The van der Waals surface area contributed by atoms with Crippen LogP contribution >= 0.6 is 11.8 Å². The molecule has 112 valence electrons. The smallest absolute Gasteiger partial charge is 0.0482 e. The van der Waals surface area contributed by atoms with Crippen LogP contribution in [-0.4, -0.2) is 13.3 Å². The van der Waals surface area contributed by atoms with Gasteiger partial charge in [-0.1, -0.05) is 50.8 Å². The topological polar surface area (TPSA) is 12.0 Å². The second-order valence-corrected chi connectivity index (χ2v) is 5.14. The van der Waals surface area contributed by atoms with Crippen LogP contribution in [0, 0.1) is 0 Å². The van der Waals surface area contributed by atoms with Crippen molar-refractivity contribution < 1.29 is 0 Å². The van der Waals surface area contributed by atoms with Crippen LogP contribution in [0.5, 0.6) is 0 Å². The first kappa shape index (κ1) is 17.4. The molecule has 0 spiro atoms. The summed E-state index contributed by atoms with van der Waals surface area (Å²) in [6, 6.07) is 8.77. The molecule has 0 bridgehead atoms. The molecule has 0 saturated carbocycles. The van der Waals surface area contributed by atoms with Crippen molar-refractivity contribution in [3.63, 3.8) is 0 Å². The molecule has 0 aliphatic heterocycles. The van der Waals surface area contributed by atoms with E-state index in [4.69, 9.17) is 0 Å². The van der Waals surface area contributed by atoms with Gasteiger partial charge in [0.25, 0.3) is 0 Å². The first-order valence-electron chi connectivity index (χ1n) is 7.32. The van der Waals surface area contributed by atoms with Crippen LogP contribution in [0.15, 0.2) is 41.8 Å². The Morgan fingerprint density at radius 1 is 1.19 bits per heavy atom. The molecule has 2 heteroatoms. The fraction of sp³-hybridized carbons (Fsp3) is 0.263. The molecule has 0 saturated heterocycles. The van der Waals surface area contributed by atoms with E-state index in [0.717, 1.165) is 0 Å². The fourth-order valence-electron chi connectivity index (χ4n) is 2.29. The van der Waals surface area contributed by atoms with Crippen LogP contribution in [0.4, 0.5) is 5.69 Å². The van der Waals surface area contributed by atoms with E-state index in [-0.39, 0.29) is 0 Å². The van der Waals surface area contributed by atoms with Crippen molar-refractivity contribution in [2.45, 2.75) is 25.7 Å². The number of allylic oxidation sites excluding steroid dienone is 1. The number of thioether (sulfide) groups is 1. The molecule has 0 unspecified atom stereocenters. The summed E-state index contributed by atoms with van der Waals surface area (Å²) >= 11 is 1.76. The maximum Gasteiger partial charge on any atom is 0.0482 e. The lowest BCUT2D eigenvalue weighted by Gasteiger charge is -2.12. The number of hydrogen-bond donors (Lipinski definition) is 1. The minimum Gasteiger partial charge on any atom is -0.387 e. The Kier molecular flexibility index (Phi) is 7.10. The van der Waals surface area contributed by atoms with E-state index in [1.54, 1.807) is 11.8 Å². The molecule has 0 aliphatic carbocycles. The summed E-state index contributed by atoms with van der Waals surface area (Å²) in [6.45, 7) is 9.95. The lowest BCUT2D eigenvalue weighted by molar-refractivity contribution is 1.41.